The van der Waals surface area contributed by atoms with Crippen molar-refractivity contribution in [2.24, 2.45) is 5.73 Å². The second-order valence-electron chi connectivity index (χ2n) is 3.70. The van der Waals surface area contributed by atoms with E-state index in [4.69, 9.17) is 10.2 Å². The number of furan rings is 1. The van der Waals surface area contributed by atoms with Crippen LogP contribution in [-0.4, -0.2) is 6.54 Å². The van der Waals surface area contributed by atoms with Crippen molar-refractivity contribution in [1.29, 1.82) is 0 Å². The predicted molar refractivity (Wildman–Crippen MR) is 60.6 cm³/mol. The van der Waals surface area contributed by atoms with Gasteiger partial charge >= 0.3 is 0 Å². The molecule has 0 fully saturated rings. The molecule has 0 aliphatic rings. The van der Waals surface area contributed by atoms with E-state index in [2.05, 4.69) is 0 Å². The van der Waals surface area contributed by atoms with Crippen LogP contribution in [0.15, 0.2) is 47.1 Å². The lowest BCUT2D eigenvalue weighted by molar-refractivity contribution is 0.475. The van der Waals surface area contributed by atoms with Crippen LogP contribution < -0.4 is 5.73 Å². The predicted octanol–water partition coefficient (Wildman–Crippen LogP) is 2.90. The van der Waals surface area contributed by atoms with Gasteiger partial charge in [0.2, 0.25) is 0 Å². The molecule has 0 amide bonds. The molecule has 2 rings (SSSR count). The third-order valence-electron chi connectivity index (χ3n) is 2.61. The molecule has 0 spiro atoms. The maximum absolute atomic E-state index is 12.8. The maximum Gasteiger partial charge on any atom is 0.123 e. The second-order valence-corrected chi connectivity index (χ2v) is 3.70. The van der Waals surface area contributed by atoms with Gasteiger partial charge in [0.15, 0.2) is 0 Å². The lowest BCUT2D eigenvalue weighted by Gasteiger charge is -2.13. The van der Waals surface area contributed by atoms with E-state index in [1.54, 1.807) is 18.4 Å². The number of hydrogen-bond donors (Lipinski definition) is 1. The molecule has 2 N–H and O–H groups in total. The summed E-state index contributed by atoms with van der Waals surface area (Å²) in [6.07, 6.45) is 2.43. The zero-order valence-electron chi connectivity index (χ0n) is 8.90. The van der Waals surface area contributed by atoms with Crippen LogP contribution in [-0.2, 0) is 0 Å². The van der Waals surface area contributed by atoms with E-state index in [-0.39, 0.29) is 11.7 Å². The summed E-state index contributed by atoms with van der Waals surface area (Å²) in [4.78, 5) is 0. The van der Waals surface area contributed by atoms with Crippen molar-refractivity contribution in [3.63, 3.8) is 0 Å². The lowest BCUT2D eigenvalue weighted by atomic mass is 9.93. The van der Waals surface area contributed by atoms with Crippen molar-refractivity contribution in [2.45, 2.75) is 12.3 Å². The van der Waals surface area contributed by atoms with E-state index in [1.807, 2.05) is 12.1 Å². The fraction of sp³-hybridized carbons (Fsp3) is 0.231. The summed E-state index contributed by atoms with van der Waals surface area (Å²) >= 11 is 0. The highest BCUT2D eigenvalue weighted by Crippen LogP contribution is 2.27. The lowest BCUT2D eigenvalue weighted by Crippen LogP contribution is -2.08. The average Bonchev–Trinajstić information content (AvgIpc) is 2.81. The van der Waals surface area contributed by atoms with Crippen LogP contribution in [0, 0.1) is 5.82 Å². The highest BCUT2D eigenvalue weighted by atomic mass is 19.1. The molecule has 2 aromatic rings. The molecule has 1 atom stereocenters. The summed E-state index contributed by atoms with van der Waals surface area (Å²) in [7, 11) is 0. The monoisotopic (exact) mass is 219 g/mol. The molecule has 0 saturated heterocycles. The van der Waals surface area contributed by atoms with Crippen LogP contribution >= 0.6 is 0 Å². The van der Waals surface area contributed by atoms with Crippen LogP contribution in [0.4, 0.5) is 4.39 Å². The summed E-state index contributed by atoms with van der Waals surface area (Å²) in [6, 6.07) is 10.2. The average molecular weight is 219 g/mol. The SMILES string of the molecule is NCC[C@H](c1ccc(F)cc1)c1ccco1. The molecule has 0 bridgehead atoms. The van der Waals surface area contributed by atoms with Gasteiger partial charge in [0.05, 0.1) is 6.26 Å². The van der Waals surface area contributed by atoms with Crippen molar-refractivity contribution in [3.05, 3.63) is 59.8 Å². The minimum Gasteiger partial charge on any atom is -0.469 e. The van der Waals surface area contributed by atoms with Crippen LogP contribution in [0.1, 0.15) is 23.7 Å². The summed E-state index contributed by atoms with van der Waals surface area (Å²) in [5, 5.41) is 0. The third kappa shape index (κ3) is 2.31. The van der Waals surface area contributed by atoms with Crippen LogP contribution in [0.5, 0.6) is 0 Å². The van der Waals surface area contributed by atoms with Gasteiger partial charge in [0, 0.05) is 5.92 Å². The van der Waals surface area contributed by atoms with Crippen LogP contribution in [0.25, 0.3) is 0 Å². The van der Waals surface area contributed by atoms with Crippen LogP contribution in [0.3, 0.4) is 0 Å². The first-order valence-electron chi connectivity index (χ1n) is 5.30. The Kier molecular flexibility index (Phi) is 3.37. The Balaban J connectivity index is 2.29. The quantitative estimate of drug-likeness (QED) is 0.858. The Labute approximate surface area is 93.9 Å². The largest absolute Gasteiger partial charge is 0.469 e. The normalized spacial score (nSPS) is 12.6. The van der Waals surface area contributed by atoms with Gasteiger partial charge in [-0.1, -0.05) is 12.1 Å². The summed E-state index contributed by atoms with van der Waals surface area (Å²) in [6.45, 7) is 0.572. The van der Waals surface area contributed by atoms with E-state index in [0.717, 1.165) is 17.7 Å². The van der Waals surface area contributed by atoms with E-state index in [9.17, 15) is 4.39 Å². The number of hydrogen-bond acceptors (Lipinski definition) is 2. The minimum absolute atomic E-state index is 0.112. The molecular weight excluding hydrogens is 205 g/mol. The van der Waals surface area contributed by atoms with Crippen molar-refractivity contribution < 1.29 is 8.81 Å². The molecule has 0 aliphatic carbocycles. The van der Waals surface area contributed by atoms with E-state index < -0.39 is 0 Å². The molecule has 0 saturated carbocycles. The van der Waals surface area contributed by atoms with Gasteiger partial charge in [-0.15, -0.1) is 0 Å². The molecular formula is C13H14FNO. The smallest absolute Gasteiger partial charge is 0.123 e. The van der Waals surface area contributed by atoms with Crippen molar-refractivity contribution in [3.8, 4) is 0 Å². The fourth-order valence-corrected chi connectivity index (χ4v) is 1.82. The molecule has 1 heterocycles. The summed E-state index contributed by atoms with van der Waals surface area (Å²) in [5.74, 6) is 0.757. The highest BCUT2D eigenvalue weighted by Gasteiger charge is 2.15. The Morgan fingerprint density at radius 2 is 1.94 bits per heavy atom. The molecule has 16 heavy (non-hydrogen) atoms. The summed E-state index contributed by atoms with van der Waals surface area (Å²) < 4.78 is 18.2. The topological polar surface area (TPSA) is 39.2 Å². The first-order chi connectivity index (χ1) is 7.81. The van der Waals surface area contributed by atoms with Gasteiger partial charge in [-0.05, 0) is 42.8 Å². The van der Waals surface area contributed by atoms with Gasteiger partial charge in [-0.2, -0.15) is 0 Å². The Morgan fingerprint density at radius 3 is 2.50 bits per heavy atom. The Morgan fingerprint density at radius 1 is 1.19 bits per heavy atom. The van der Waals surface area contributed by atoms with Crippen molar-refractivity contribution in [2.75, 3.05) is 6.54 Å². The Bertz CT molecular complexity index is 422. The van der Waals surface area contributed by atoms with Gasteiger partial charge in [0.1, 0.15) is 11.6 Å². The molecule has 0 aliphatic heterocycles. The first kappa shape index (κ1) is 10.9. The Hall–Kier alpha value is -1.61. The molecule has 84 valence electrons. The zero-order valence-corrected chi connectivity index (χ0v) is 8.90. The van der Waals surface area contributed by atoms with Gasteiger partial charge in [-0.3, -0.25) is 0 Å². The second kappa shape index (κ2) is 4.94. The van der Waals surface area contributed by atoms with E-state index >= 15 is 0 Å². The number of nitrogens with two attached hydrogens (primary N) is 1. The molecule has 1 aromatic carbocycles. The zero-order chi connectivity index (χ0) is 11.4. The first-order valence-corrected chi connectivity index (χ1v) is 5.30. The minimum atomic E-state index is -0.227. The molecule has 3 heteroatoms. The van der Waals surface area contributed by atoms with E-state index in [1.165, 1.54) is 12.1 Å². The van der Waals surface area contributed by atoms with E-state index in [0.29, 0.717) is 6.54 Å². The number of rotatable bonds is 4. The molecule has 0 unspecified atom stereocenters. The van der Waals surface area contributed by atoms with Crippen LogP contribution in [0.2, 0.25) is 0 Å². The van der Waals surface area contributed by atoms with Gasteiger partial charge in [-0.25, -0.2) is 4.39 Å². The molecule has 2 nitrogen and oxygen atoms in total. The highest BCUT2D eigenvalue weighted by molar-refractivity contribution is 5.27. The molecule has 1 aromatic heterocycles. The standard InChI is InChI=1S/C13H14FNO/c14-11-5-3-10(4-6-11)12(7-8-15)13-2-1-9-16-13/h1-6,9,12H,7-8,15H2/t12-/m1/s1. The molecule has 0 radical (unpaired) electrons. The fourth-order valence-electron chi connectivity index (χ4n) is 1.82. The maximum atomic E-state index is 12.8. The summed E-state index contributed by atoms with van der Waals surface area (Å²) in [5.41, 5.74) is 6.62. The number of halogens is 1. The van der Waals surface area contributed by atoms with Crippen molar-refractivity contribution >= 4 is 0 Å². The number of benzene rings is 1. The third-order valence-corrected chi connectivity index (χ3v) is 2.61. The van der Waals surface area contributed by atoms with Gasteiger partial charge in [0.25, 0.3) is 0 Å². The van der Waals surface area contributed by atoms with Crippen molar-refractivity contribution in [1.82, 2.24) is 0 Å². The van der Waals surface area contributed by atoms with Gasteiger partial charge < -0.3 is 10.2 Å².